The van der Waals surface area contributed by atoms with Gasteiger partial charge in [-0.3, -0.25) is 14.9 Å². The van der Waals surface area contributed by atoms with Crippen LogP contribution < -0.4 is 10.1 Å². The molecule has 0 saturated carbocycles. The number of nitrogens with one attached hydrogen (secondary N) is 1. The smallest absolute Gasteiger partial charge is 0.290 e. The average molecular weight is 396 g/mol. The van der Waals surface area contributed by atoms with Crippen LogP contribution in [0.4, 0.5) is 4.79 Å². The Morgan fingerprint density at radius 1 is 1.15 bits per heavy atom. The van der Waals surface area contributed by atoms with Gasteiger partial charge in [0.2, 0.25) is 0 Å². The van der Waals surface area contributed by atoms with Crippen molar-refractivity contribution < 1.29 is 22.7 Å². The monoisotopic (exact) mass is 396 g/mol. The predicted molar refractivity (Wildman–Crippen MR) is 101 cm³/mol. The minimum absolute atomic E-state index is 0.243. The van der Waals surface area contributed by atoms with Gasteiger partial charge in [-0.25, -0.2) is 8.42 Å². The molecule has 1 aromatic carbocycles. The van der Waals surface area contributed by atoms with Gasteiger partial charge in [-0.05, 0) is 42.0 Å². The SMILES string of the molecule is O=C1NC(=O)/C(=C/c2ccc(OCCCN3CCS(=O)(=O)CC3)cc2)S1. The molecule has 0 bridgehead atoms. The second-order valence-corrected chi connectivity index (χ2v) is 9.44. The highest BCUT2D eigenvalue weighted by molar-refractivity contribution is 8.18. The van der Waals surface area contributed by atoms with E-state index in [0.717, 1.165) is 36.0 Å². The maximum atomic E-state index is 11.5. The van der Waals surface area contributed by atoms with Gasteiger partial charge in [0.25, 0.3) is 11.1 Å². The summed E-state index contributed by atoms with van der Waals surface area (Å²) in [4.78, 5) is 25.2. The molecule has 7 nitrogen and oxygen atoms in total. The molecule has 2 aliphatic heterocycles. The topological polar surface area (TPSA) is 92.8 Å². The van der Waals surface area contributed by atoms with Crippen molar-refractivity contribution in [2.24, 2.45) is 0 Å². The van der Waals surface area contributed by atoms with Crippen LogP contribution in [0, 0.1) is 0 Å². The molecule has 2 saturated heterocycles. The van der Waals surface area contributed by atoms with Crippen LogP contribution >= 0.6 is 11.8 Å². The number of amides is 2. The Balaban J connectivity index is 1.41. The summed E-state index contributed by atoms with van der Waals surface area (Å²) in [6.07, 6.45) is 2.49. The fraction of sp³-hybridized carbons (Fsp3) is 0.412. The number of carbonyl (C=O) groups excluding carboxylic acids is 2. The first-order valence-corrected chi connectivity index (χ1v) is 11.0. The molecule has 1 aromatic rings. The van der Waals surface area contributed by atoms with E-state index >= 15 is 0 Å². The van der Waals surface area contributed by atoms with Crippen molar-refractivity contribution in [2.45, 2.75) is 6.42 Å². The van der Waals surface area contributed by atoms with Gasteiger partial charge in [0.15, 0.2) is 9.84 Å². The number of thioether (sulfide) groups is 1. The third-order valence-electron chi connectivity index (χ3n) is 4.14. The van der Waals surface area contributed by atoms with E-state index < -0.39 is 9.84 Å². The number of hydrogen-bond acceptors (Lipinski definition) is 7. The molecule has 0 spiro atoms. The highest BCUT2D eigenvalue weighted by Gasteiger charge is 2.24. The molecule has 2 heterocycles. The number of nitrogens with zero attached hydrogens (tertiary/aromatic N) is 1. The van der Waals surface area contributed by atoms with Crippen LogP contribution in [0.5, 0.6) is 5.75 Å². The molecule has 0 atom stereocenters. The second kappa shape index (κ2) is 8.24. The summed E-state index contributed by atoms with van der Waals surface area (Å²) in [6, 6.07) is 7.29. The highest BCUT2D eigenvalue weighted by atomic mass is 32.2. The zero-order valence-corrected chi connectivity index (χ0v) is 15.8. The van der Waals surface area contributed by atoms with Crippen molar-refractivity contribution in [2.75, 3.05) is 37.7 Å². The van der Waals surface area contributed by atoms with Crippen LogP contribution in [0.2, 0.25) is 0 Å². The van der Waals surface area contributed by atoms with Crippen molar-refractivity contribution in [1.29, 1.82) is 0 Å². The van der Waals surface area contributed by atoms with Crippen molar-refractivity contribution in [3.63, 3.8) is 0 Å². The van der Waals surface area contributed by atoms with Gasteiger partial charge in [-0.2, -0.15) is 0 Å². The lowest BCUT2D eigenvalue weighted by molar-refractivity contribution is -0.115. The molecule has 140 valence electrons. The first-order valence-electron chi connectivity index (χ1n) is 8.32. The van der Waals surface area contributed by atoms with E-state index in [4.69, 9.17) is 4.74 Å². The Kier molecular flexibility index (Phi) is 6.00. The fourth-order valence-corrected chi connectivity index (χ4v) is 4.64. The Labute approximate surface area is 156 Å². The molecule has 2 amide bonds. The lowest BCUT2D eigenvalue weighted by Crippen LogP contribution is -2.40. The van der Waals surface area contributed by atoms with E-state index in [0.29, 0.717) is 24.6 Å². The summed E-state index contributed by atoms with van der Waals surface area (Å²) >= 11 is 0.891. The average Bonchev–Trinajstić information content (AvgIpc) is 2.91. The summed E-state index contributed by atoms with van der Waals surface area (Å²) in [5.41, 5.74) is 0.819. The summed E-state index contributed by atoms with van der Waals surface area (Å²) < 4.78 is 28.5. The van der Waals surface area contributed by atoms with Gasteiger partial charge in [-0.1, -0.05) is 12.1 Å². The summed E-state index contributed by atoms with van der Waals surface area (Å²) in [5, 5.41) is 1.86. The molecule has 2 aliphatic rings. The molecular formula is C17H20N2O5S2. The van der Waals surface area contributed by atoms with E-state index in [1.165, 1.54) is 0 Å². The first-order chi connectivity index (χ1) is 12.4. The van der Waals surface area contributed by atoms with Crippen molar-refractivity contribution in [3.8, 4) is 5.75 Å². The molecule has 0 aromatic heterocycles. The van der Waals surface area contributed by atoms with Gasteiger partial charge in [-0.15, -0.1) is 0 Å². The Hall–Kier alpha value is -1.84. The van der Waals surface area contributed by atoms with Gasteiger partial charge in [0, 0.05) is 19.6 Å². The van der Waals surface area contributed by atoms with Crippen LogP contribution in [0.15, 0.2) is 29.2 Å². The van der Waals surface area contributed by atoms with Gasteiger partial charge in [0.05, 0.1) is 23.0 Å². The Morgan fingerprint density at radius 3 is 2.46 bits per heavy atom. The lowest BCUT2D eigenvalue weighted by Gasteiger charge is -2.26. The summed E-state index contributed by atoms with van der Waals surface area (Å²) in [5.74, 6) is 0.846. The Bertz CT molecular complexity index is 804. The zero-order valence-electron chi connectivity index (χ0n) is 14.1. The summed E-state index contributed by atoms with van der Waals surface area (Å²) in [7, 11) is -2.83. The van der Waals surface area contributed by atoms with Crippen LogP contribution in [-0.2, 0) is 14.6 Å². The van der Waals surface area contributed by atoms with E-state index in [-0.39, 0.29) is 22.7 Å². The largest absolute Gasteiger partial charge is 0.494 e. The lowest BCUT2D eigenvalue weighted by atomic mass is 10.2. The number of hydrogen-bond donors (Lipinski definition) is 1. The molecule has 1 N–H and O–H groups in total. The van der Waals surface area contributed by atoms with Gasteiger partial charge in [0.1, 0.15) is 5.75 Å². The highest BCUT2D eigenvalue weighted by Crippen LogP contribution is 2.26. The normalized spacial score (nSPS) is 21.8. The fourth-order valence-electron chi connectivity index (χ4n) is 2.68. The molecule has 9 heteroatoms. The molecule has 0 radical (unpaired) electrons. The number of imide groups is 1. The first kappa shape index (κ1) is 18.9. The van der Waals surface area contributed by atoms with Gasteiger partial charge >= 0.3 is 0 Å². The van der Waals surface area contributed by atoms with Crippen LogP contribution in [-0.4, -0.2) is 62.2 Å². The quantitative estimate of drug-likeness (QED) is 0.575. The molecular weight excluding hydrogens is 376 g/mol. The number of ether oxygens (including phenoxy) is 1. The minimum Gasteiger partial charge on any atom is -0.494 e. The van der Waals surface area contributed by atoms with E-state index in [2.05, 4.69) is 10.2 Å². The number of benzene rings is 1. The summed E-state index contributed by atoms with van der Waals surface area (Å²) in [6.45, 7) is 2.57. The third kappa shape index (κ3) is 5.33. The predicted octanol–water partition coefficient (Wildman–Crippen LogP) is 1.51. The maximum absolute atomic E-state index is 11.5. The number of sulfone groups is 1. The zero-order chi connectivity index (χ0) is 18.6. The molecule has 26 heavy (non-hydrogen) atoms. The minimum atomic E-state index is -2.83. The van der Waals surface area contributed by atoms with Crippen LogP contribution in [0.3, 0.4) is 0 Å². The van der Waals surface area contributed by atoms with Crippen molar-refractivity contribution in [3.05, 3.63) is 34.7 Å². The number of rotatable bonds is 6. The standard InChI is InChI=1S/C17H20N2O5S2/c20-16-15(25-17(21)18-16)12-13-2-4-14(5-3-13)24-9-1-6-19-7-10-26(22,23)11-8-19/h2-5,12H,1,6-11H2,(H,18,20,21)/b15-12-. The third-order valence-corrected chi connectivity index (χ3v) is 6.56. The van der Waals surface area contributed by atoms with Crippen molar-refractivity contribution >= 4 is 38.8 Å². The molecule has 2 fully saturated rings. The number of carbonyl (C=O) groups is 2. The molecule has 0 aliphatic carbocycles. The van der Waals surface area contributed by atoms with Crippen molar-refractivity contribution in [1.82, 2.24) is 10.2 Å². The van der Waals surface area contributed by atoms with Crippen LogP contribution in [0.1, 0.15) is 12.0 Å². The van der Waals surface area contributed by atoms with Gasteiger partial charge < -0.3 is 9.64 Å². The Morgan fingerprint density at radius 2 is 1.85 bits per heavy atom. The second-order valence-electron chi connectivity index (χ2n) is 6.12. The van der Waals surface area contributed by atoms with E-state index in [9.17, 15) is 18.0 Å². The maximum Gasteiger partial charge on any atom is 0.290 e. The van der Waals surface area contributed by atoms with Crippen LogP contribution in [0.25, 0.3) is 6.08 Å². The van der Waals surface area contributed by atoms with E-state index in [1.807, 2.05) is 24.3 Å². The molecule has 0 unspecified atom stereocenters. The van der Waals surface area contributed by atoms with E-state index in [1.54, 1.807) is 6.08 Å². The molecule has 3 rings (SSSR count).